The van der Waals surface area contributed by atoms with Crippen molar-refractivity contribution in [2.45, 2.75) is 188 Å². The van der Waals surface area contributed by atoms with E-state index in [1.807, 2.05) is 0 Å². The average molecular weight is 789 g/mol. The first kappa shape index (κ1) is 44.4. The number of rotatable bonds is 10. The van der Waals surface area contributed by atoms with Crippen LogP contribution in [0.4, 0.5) is 0 Å². The molecule has 57 heavy (non-hydrogen) atoms. The summed E-state index contributed by atoms with van der Waals surface area (Å²) in [6.07, 6.45) is 12.4. The molecular weight excluding hydrogens is 709 g/mol. The summed E-state index contributed by atoms with van der Waals surface area (Å²) < 4.78 is 26.1. The van der Waals surface area contributed by atoms with Gasteiger partial charge in [-0.15, -0.1) is 0 Å². The normalized spacial score (nSPS) is 29.7. The van der Waals surface area contributed by atoms with Gasteiger partial charge in [-0.3, -0.25) is 0 Å². The molecule has 0 spiro atoms. The van der Waals surface area contributed by atoms with Crippen LogP contribution in [-0.2, 0) is 40.6 Å². The first-order valence-electron chi connectivity index (χ1n) is 22.9. The molecular formula is C51H80O6. The number of hydrogen-bond donors (Lipinski definition) is 2. The second-order valence-electron chi connectivity index (χ2n) is 22.4. The van der Waals surface area contributed by atoms with Crippen molar-refractivity contribution in [1.82, 2.24) is 0 Å². The van der Waals surface area contributed by atoms with E-state index in [0.29, 0.717) is 35.2 Å². The predicted molar refractivity (Wildman–Crippen MR) is 232 cm³/mol. The fourth-order valence-corrected chi connectivity index (χ4v) is 10.4. The van der Waals surface area contributed by atoms with Gasteiger partial charge in [-0.05, 0) is 119 Å². The highest BCUT2D eigenvalue weighted by Gasteiger charge is 2.38. The molecule has 2 N–H and O–H groups in total. The lowest BCUT2D eigenvalue weighted by atomic mass is 9.70. The van der Waals surface area contributed by atoms with E-state index in [4.69, 9.17) is 18.9 Å². The molecule has 0 atom stereocenters. The second kappa shape index (κ2) is 17.5. The third kappa shape index (κ3) is 10.3. The highest BCUT2D eigenvalue weighted by Crippen LogP contribution is 2.49. The van der Waals surface area contributed by atoms with Gasteiger partial charge in [-0.25, -0.2) is 0 Å². The van der Waals surface area contributed by atoms with Crippen molar-refractivity contribution in [3.8, 4) is 11.5 Å². The van der Waals surface area contributed by atoms with Crippen LogP contribution in [0.25, 0.3) is 0 Å². The number of aromatic hydroxyl groups is 2. The topological polar surface area (TPSA) is 77.4 Å². The molecule has 6 heteroatoms. The van der Waals surface area contributed by atoms with Crippen LogP contribution in [0.15, 0.2) is 24.3 Å². The fourth-order valence-electron chi connectivity index (χ4n) is 10.4. The zero-order chi connectivity index (χ0) is 41.5. The highest BCUT2D eigenvalue weighted by atomic mass is 16.7. The van der Waals surface area contributed by atoms with Crippen LogP contribution in [0.1, 0.15) is 200 Å². The zero-order valence-electron chi connectivity index (χ0n) is 38.1. The van der Waals surface area contributed by atoms with Crippen LogP contribution < -0.4 is 0 Å². The Morgan fingerprint density at radius 2 is 0.825 bits per heavy atom. The molecule has 320 valence electrons. The van der Waals surface area contributed by atoms with Crippen molar-refractivity contribution in [2.24, 2.45) is 35.5 Å². The third-order valence-corrected chi connectivity index (χ3v) is 15.0. The predicted octanol–water partition coefficient (Wildman–Crippen LogP) is 13.1. The largest absolute Gasteiger partial charge is 0.507 e. The molecule has 0 unspecified atom stereocenters. The standard InChI is InChI=1S/C51H80O6/c1-13-33-16-20-35(21-17-33)39-30-56-47(57-31-39)37-25-41(49(6,7)8)45(53)43(27-37)51(11,12)23-22-50(9,10)42-26-36(24-40(44(42)52)48(3,4)5)46-54-28-38(29-55-46)34-18-14-32(2)15-19-34/h24-27,32-35,38-39,46-47,52-53H,13-23,28-31H2,1-12H3. The average Bonchev–Trinajstić information content (AvgIpc) is 3.17. The molecule has 2 aliphatic carbocycles. The summed E-state index contributed by atoms with van der Waals surface area (Å²) in [6.45, 7) is 29.5. The van der Waals surface area contributed by atoms with Crippen LogP contribution >= 0.6 is 0 Å². The van der Waals surface area contributed by atoms with Gasteiger partial charge in [0.1, 0.15) is 11.5 Å². The van der Waals surface area contributed by atoms with E-state index in [1.165, 1.54) is 57.8 Å². The van der Waals surface area contributed by atoms with E-state index < -0.39 is 12.6 Å². The Balaban J connectivity index is 1.20. The van der Waals surface area contributed by atoms with E-state index >= 15 is 0 Å². The van der Waals surface area contributed by atoms with Crippen LogP contribution in [-0.4, -0.2) is 36.6 Å². The molecule has 2 saturated heterocycles. The summed E-state index contributed by atoms with van der Waals surface area (Å²) >= 11 is 0. The van der Waals surface area contributed by atoms with Gasteiger partial charge in [0, 0.05) is 34.1 Å². The smallest absolute Gasteiger partial charge is 0.183 e. The van der Waals surface area contributed by atoms with Crippen LogP contribution in [0.5, 0.6) is 11.5 Å². The second-order valence-corrected chi connectivity index (χ2v) is 22.4. The third-order valence-electron chi connectivity index (χ3n) is 15.0. The Morgan fingerprint density at radius 3 is 1.16 bits per heavy atom. The number of benzene rings is 2. The molecule has 0 radical (unpaired) electrons. The number of phenols is 2. The van der Waals surface area contributed by atoms with Crippen molar-refractivity contribution in [3.05, 3.63) is 57.6 Å². The lowest BCUT2D eigenvalue weighted by Gasteiger charge is -2.39. The highest BCUT2D eigenvalue weighted by molar-refractivity contribution is 5.52. The molecule has 2 saturated carbocycles. The van der Waals surface area contributed by atoms with E-state index in [2.05, 4.69) is 107 Å². The zero-order valence-corrected chi connectivity index (χ0v) is 38.1. The quantitative estimate of drug-likeness (QED) is 0.250. The summed E-state index contributed by atoms with van der Waals surface area (Å²) in [7, 11) is 0. The van der Waals surface area contributed by atoms with Crippen molar-refractivity contribution in [3.63, 3.8) is 0 Å². The van der Waals surface area contributed by atoms with Gasteiger partial charge < -0.3 is 29.2 Å². The minimum Gasteiger partial charge on any atom is -0.507 e. The Kier molecular flexibility index (Phi) is 13.6. The molecule has 2 aromatic carbocycles. The van der Waals surface area contributed by atoms with Crippen molar-refractivity contribution < 1.29 is 29.2 Å². The van der Waals surface area contributed by atoms with Crippen LogP contribution in [0.2, 0.25) is 0 Å². The molecule has 4 fully saturated rings. The van der Waals surface area contributed by atoms with Gasteiger partial charge in [0.25, 0.3) is 0 Å². The Labute approximate surface area is 347 Å². The maximum Gasteiger partial charge on any atom is 0.183 e. The first-order chi connectivity index (χ1) is 26.7. The summed E-state index contributed by atoms with van der Waals surface area (Å²) in [4.78, 5) is 0. The fraction of sp³-hybridized carbons (Fsp3) is 0.765. The lowest BCUT2D eigenvalue weighted by Crippen LogP contribution is -2.34. The summed E-state index contributed by atoms with van der Waals surface area (Å²) in [5, 5.41) is 24.0. The maximum absolute atomic E-state index is 12.0. The summed E-state index contributed by atoms with van der Waals surface area (Å²) in [5.74, 6) is 4.69. The monoisotopic (exact) mass is 789 g/mol. The minimum atomic E-state index is -0.442. The van der Waals surface area contributed by atoms with Crippen molar-refractivity contribution >= 4 is 0 Å². The Morgan fingerprint density at radius 1 is 0.491 bits per heavy atom. The van der Waals surface area contributed by atoms with Gasteiger partial charge in [0.2, 0.25) is 0 Å². The van der Waals surface area contributed by atoms with Crippen molar-refractivity contribution in [2.75, 3.05) is 26.4 Å². The van der Waals surface area contributed by atoms with E-state index in [0.717, 1.165) is 84.5 Å². The summed E-state index contributed by atoms with van der Waals surface area (Å²) in [6, 6.07) is 8.50. The van der Waals surface area contributed by atoms with Crippen molar-refractivity contribution in [1.29, 1.82) is 0 Å². The first-order valence-corrected chi connectivity index (χ1v) is 22.9. The number of phenolic OH excluding ortho intramolecular Hbond substituents is 2. The van der Waals surface area contributed by atoms with Gasteiger partial charge in [-0.2, -0.15) is 0 Å². The van der Waals surface area contributed by atoms with Gasteiger partial charge in [0.15, 0.2) is 12.6 Å². The van der Waals surface area contributed by atoms with E-state index in [1.54, 1.807) is 0 Å². The number of hydrogen-bond acceptors (Lipinski definition) is 6. The molecule has 0 aromatic heterocycles. The van der Waals surface area contributed by atoms with Gasteiger partial charge in [-0.1, -0.05) is 115 Å². The Hall–Kier alpha value is -2.12. The van der Waals surface area contributed by atoms with Gasteiger partial charge in [0.05, 0.1) is 26.4 Å². The molecule has 2 aromatic rings. The van der Waals surface area contributed by atoms with E-state index in [-0.39, 0.29) is 21.7 Å². The number of ether oxygens (including phenoxy) is 4. The van der Waals surface area contributed by atoms with E-state index in [9.17, 15) is 10.2 Å². The SMILES string of the molecule is CCC1CCC(C2COC(c3cc(C(C)(C)C)c(O)c(C(C)(C)CCC(C)(C)c4cc(C5OCC(C6CCC(C)CC6)CO5)cc(C(C)(C)C)c4O)c3)OC2)CC1. The molecule has 0 bridgehead atoms. The van der Waals surface area contributed by atoms with Crippen LogP contribution in [0, 0.1) is 35.5 Å². The molecule has 6 rings (SSSR count). The molecule has 6 nitrogen and oxygen atoms in total. The molecule has 2 aliphatic heterocycles. The molecule has 2 heterocycles. The van der Waals surface area contributed by atoms with Gasteiger partial charge >= 0.3 is 0 Å². The van der Waals surface area contributed by atoms with Crippen LogP contribution in [0.3, 0.4) is 0 Å². The maximum atomic E-state index is 12.0. The molecule has 0 amide bonds. The minimum absolute atomic E-state index is 0.270. The summed E-state index contributed by atoms with van der Waals surface area (Å²) in [5.41, 5.74) is 4.35. The lowest BCUT2D eigenvalue weighted by molar-refractivity contribution is -0.215. The molecule has 4 aliphatic rings. The Bertz CT molecular complexity index is 1630.